The van der Waals surface area contributed by atoms with Crippen LogP contribution in [0.25, 0.3) is 27.0 Å². The Bertz CT molecular complexity index is 1540. The second-order valence-electron chi connectivity index (χ2n) is 10.0. The molecule has 0 atom stereocenters. The van der Waals surface area contributed by atoms with Gasteiger partial charge < -0.3 is 14.5 Å². The average molecular weight is 539 g/mol. The SMILES string of the molecule is CC(C)(C)OC(=O)N1CCN(C(=O)Cn2sc3cc(-n4cc(-c5ccc(F)cc5)nn4)ccc3c2=O)CC1. The Kier molecular flexibility index (Phi) is 6.74. The molecular formula is C26H27FN6O4S. The molecule has 2 aromatic heterocycles. The van der Waals surface area contributed by atoms with Gasteiger partial charge in [0.05, 0.1) is 22.0 Å². The highest BCUT2D eigenvalue weighted by atomic mass is 32.1. The molecule has 1 fully saturated rings. The van der Waals surface area contributed by atoms with Crippen LogP contribution in [-0.2, 0) is 16.1 Å². The number of aromatic nitrogens is 4. The summed E-state index contributed by atoms with van der Waals surface area (Å²) in [5.41, 5.74) is 1.22. The topological polar surface area (TPSA) is 103 Å². The number of nitrogens with zero attached hydrogens (tertiary/aromatic N) is 6. The molecule has 0 unspecified atom stereocenters. The number of fused-ring (bicyclic) bond motifs is 1. The van der Waals surface area contributed by atoms with Crippen LogP contribution in [0.2, 0.25) is 0 Å². The van der Waals surface area contributed by atoms with Gasteiger partial charge in [0.2, 0.25) is 5.91 Å². The van der Waals surface area contributed by atoms with Crippen LogP contribution in [0.5, 0.6) is 0 Å². The molecule has 0 N–H and O–H groups in total. The number of hydrogen-bond donors (Lipinski definition) is 0. The second-order valence-corrected chi connectivity index (χ2v) is 11.1. The minimum Gasteiger partial charge on any atom is -0.444 e. The maximum absolute atomic E-state index is 13.2. The minimum absolute atomic E-state index is 0.0714. The maximum Gasteiger partial charge on any atom is 0.410 e. The summed E-state index contributed by atoms with van der Waals surface area (Å²) in [5.74, 6) is -0.504. The summed E-state index contributed by atoms with van der Waals surface area (Å²) in [6, 6.07) is 11.3. The van der Waals surface area contributed by atoms with Gasteiger partial charge in [0.25, 0.3) is 5.56 Å². The molecule has 12 heteroatoms. The number of benzene rings is 2. The highest BCUT2D eigenvalue weighted by Gasteiger charge is 2.28. The van der Waals surface area contributed by atoms with Gasteiger partial charge in [-0.1, -0.05) is 16.7 Å². The fraction of sp³-hybridized carbons (Fsp3) is 0.346. The highest BCUT2D eigenvalue weighted by molar-refractivity contribution is 7.13. The lowest BCUT2D eigenvalue weighted by atomic mass is 10.2. The Morgan fingerprint density at radius 3 is 2.39 bits per heavy atom. The Labute approximate surface area is 222 Å². The molecule has 0 bridgehead atoms. The van der Waals surface area contributed by atoms with E-state index in [1.165, 1.54) is 27.6 Å². The first-order chi connectivity index (χ1) is 18.1. The van der Waals surface area contributed by atoms with Gasteiger partial charge in [-0.15, -0.1) is 5.10 Å². The smallest absolute Gasteiger partial charge is 0.410 e. The van der Waals surface area contributed by atoms with E-state index in [0.717, 1.165) is 5.56 Å². The van der Waals surface area contributed by atoms with Crippen molar-refractivity contribution < 1.29 is 18.7 Å². The average Bonchev–Trinajstić information content (AvgIpc) is 3.48. The van der Waals surface area contributed by atoms with E-state index in [2.05, 4.69) is 10.3 Å². The first-order valence-electron chi connectivity index (χ1n) is 12.2. The van der Waals surface area contributed by atoms with Gasteiger partial charge in [-0.05, 0) is 63.2 Å². The lowest BCUT2D eigenvalue weighted by Gasteiger charge is -2.35. The first kappa shape index (κ1) is 25.6. The van der Waals surface area contributed by atoms with Gasteiger partial charge in [0, 0.05) is 31.7 Å². The van der Waals surface area contributed by atoms with Gasteiger partial charge in [-0.25, -0.2) is 13.9 Å². The molecule has 4 aromatic rings. The summed E-state index contributed by atoms with van der Waals surface area (Å²) in [6.45, 7) is 6.88. The van der Waals surface area contributed by atoms with Crippen LogP contribution in [0.15, 0.2) is 53.5 Å². The third kappa shape index (κ3) is 5.44. The minimum atomic E-state index is -0.578. The summed E-state index contributed by atoms with van der Waals surface area (Å²) in [7, 11) is 0. The lowest BCUT2D eigenvalue weighted by Crippen LogP contribution is -2.52. The maximum atomic E-state index is 13.2. The predicted octanol–water partition coefficient (Wildman–Crippen LogP) is 3.53. The van der Waals surface area contributed by atoms with E-state index in [4.69, 9.17) is 4.74 Å². The predicted molar refractivity (Wildman–Crippen MR) is 141 cm³/mol. The third-order valence-electron chi connectivity index (χ3n) is 6.09. The number of rotatable bonds is 4. The third-order valence-corrected chi connectivity index (χ3v) is 7.14. The Balaban J connectivity index is 1.26. The van der Waals surface area contributed by atoms with Gasteiger partial charge >= 0.3 is 6.09 Å². The van der Waals surface area contributed by atoms with Crippen molar-refractivity contribution in [3.05, 3.63) is 64.8 Å². The van der Waals surface area contributed by atoms with Crippen LogP contribution in [0.3, 0.4) is 0 Å². The van der Waals surface area contributed by atoms with Crippen molar-refractivity contribution in [2.75, 3.05) is 26.2 Å². The summed E-state index contributed by atoms with van der Waals surface area (Å²) >= 11 is 1.21. The quantitative estimate of drug-likeness (QED) is 0.394. The van der Waals surface area contributed by atoms with Crippen molar-refractivity contribution in [2.24, 2.45) is 0 Å². The van der Waals surface area contributed by atoms with Crippen molar-refractivity contribution in [3.8, 4) is 16.9 Å². The summed E-state index contributed by atoms with van der Waals surface area (Å²) in [5, 5.41) is 8.84. The lowest BCUT2D eigenvalue weighted by molar-refractivity contribution is -0.133. The van der Waals surface area contributed by atoms with Crippen molar-refractivity contribution in [1.29, 1.82) is 0 Å². The number of carbonyl (C=O) groups is 2. The van der Waals surface area contributed by atoms with Crippen molar-refractivity contribution in [2.45, 2.75) is 32.9 Å². The van der Waals surface area contributed by atoms with Crippen LogP contribution in [0.4, 0.5) is 9.18 Å². The largest absolute Gasteiger partial charge is 0.444 e. The van der Waals surface area contributed by atoms with E-state index in [9.17, 15) is 18.8 Å². The summed E-state index contributed by atoms with van der Waals surface area (Å²) in [6.07, 6.45) is 1.34. The number of carbonyl (C=O) groups excluding carboxylic acids is 2. The molecule has 0 radical (unpaired) electrons. The van der Waals surface area contributed by atoms with Crippen molar-refractivity contribution in [3.63, 3.8) is 0 Å². The zero-order chi connectivity index (χ0) is 27.0. The standard InChI is InChI=1S/C26H27FN6O4S/c1-26(2,3)37-25(36)31-12-10-30(11-13-31)23(34)16-33-24(35)20-9-8-19(14-22(20)38-33)32-15-21(28-29-32)17-4-6-18(27)7-5-17/h4-9,14-15H,10-13,16H2,1-3H3. The molecule has 0 saturated carbocycles. The highest BCUT2D eigenvalue weighted by Crippen LogP contribution is 2.23. The van der Waals surface area contributed by atoms with E-state index < -0.39 is 11.7 Å². The molecule has 1 aliphatic rings. The van der Waals surface area contributed by atoms with Gasteiger partial charge in [-0.2, -0.15) is 0 Å². The molecule has 198 valence electrons. The molecule has 2 aromatic carbocycles. The van der Waals surface area contributed by atoms with Gasteiger partial charge in [-0.3, -0.25) is 13.5 Å². The van der Waals surface area contributed by atoms with E-state index in [0.29, 0.717) is 47.6 Å². The molecular weight excluding hydrogens is 511 g/mol. The van der Waals surface area contributed by atoms with E-state index in [1.54, 1.807) is 44.9 Å². The molecule has 10 nitrogen and oxygen atoms in total. The van der Waals surface area contributed by atoms with Crippen molar-refractivity contribution in [1.82, 2.24) is 28.8 Å². The second kappa shape index (κ2) is 10.0. The molecule has 1 saturated heterocycles. The zero-order valence-corrected chi connectivity index (χ0v) is 22.1. The summed E-state index contributed by atoms with van der Waals surface area (Å²) < 4.78 is 22.4. The molecule has 0 aliphatic carbocycles. The van der Waals surface area contributed by atoms with Crippen LogP contribution in [0, 0.1) is 5.82 Å². The fourth-order valence-corrected chi connectivity index (χ4v) is 5.16. The van der Waals surface area contributed by atoms with Crippen LogP contribution in [0.1, 0.15) is 20.8 Å². The first-order valence-corrected chi connectivity index (χ1v) is 12.9. The number of piperazine rings is 1. The molecule has 3 heterocycles. The Hall–Kier alpha value is -4.06. The van der Waals surface area contributed by atoms with Crippen LogP contribution in [-0.4, -0.2) is 72.5 Å². The Morgan fingerprint density at radius 1 is 1.03 bits per heavy atom. The van der Waals surface area contributed by atoms with E-state index >= 15 is 0 Å². The van der Waals surface area contributed by atoms with Gasteiger partial charge in [0.1, 0.15) is 23.7 Å². The molecule has 2 amide bonds. The van der Waals surface area contributed by atoms with Crippen LogP contribution >= 0.6 is 11.5 Å². The molecule has 38 heavy (non-hydrogen) atoms. The fourth-order valence-electron chi connectivity index (χ4n) is 4.14. The molecule has 5 rings (SSSR count). The zero-order valence-electron chi connectivity index (χ0n) is 21.3. The molecule has 0 spiro atoms. The normalized spacial score (nSPS) is 14.2. The monoisotopic (exact) mass is 538 g/mol. The number of hydrogen-bond acceptors (Lipinski definition) is 7. The molecule has 1 aliphatic heterocycles. The number of ether oxygens (including phenoxy) is 1. The van der Waals surface area contributed by atoms with E-state index in [-0.39, 0.29) is 23.8 Å². The number of amides is 2. The number of halogens is 1. The van der Waals surface area contributed by atoms with Crippen LogP contribution < -0.4 is 5.56 Å². The summed E-state index contributed by atoms with van der Waals surface area (Å²) in [4.78, 5) is 41.4. The van der Waals surface area contributed by atoms with E-state index in [1.807, 2.05) is 26.8 Å². The van der Waals surface area contributed by atoms with Crippen molar-refractivity contribution >= 4 is 33.6 Å². The Morgan fingerprint density at radius 2 is 1.71 bits per heavy atom. The van der Waals surface area contributed by atoms with Gasteiger partial charge in [0.15, 0.2) is 0 Å².